The summed E-state index contributed by atoms with van der Waals surface area (Å²) < 4.78 is 1.82. The zero-order chi connectivity index (χ0) is 10.9. The van der Waals surface area contributed by atoms with E-state index in [9.17, 15) is 0 Å². The zero-order valence-electron chi connectivity index (χ0n) is 9.76. The van der Waals surface area contributed by atoms with E-state index in [1.807, 2.05) is 52.4 Å². The molecule has 3 heteroatoms. The maximum absolute atomic E-state index is 5.53. The summed E-state index contributed by atoms with van der Waals surface area (Å²) in [5, 5.41) is 4.12. The number of nitrogens with zero attached hydrogens (tertiary/aromatic N) is 2. The van der Waals surface area contributed by atoms with Crippen molar-refractivity contribution in [3.05, 3.63) is 11.9 Å². The number of aromatic nitrogens is 2. The Hall–Kier alpha value is -0.990. The number of nitrogens with two attached hydrogens (primary N) is 1. The van der Waals surface area contributed by atoms with E-state index in [0.29, 0.717) is 0 Å². The maximum atomic E-state index is 5.53. The molecule has 3 nitrogen and oxygen atoms in total. The van der Waals surface area contributed by atoms with Gasteiger partial charge in [-0.1, -0.05) is 27.7 Å². The average molecular weight is 185 g/mol. The van der Waals surface area contributed by atoms with Gasteiger partial charge in [0.1, 0.15) is 0 Å². The van der Waals surface area contributed by atoms with Crippen molar-refractivity contribution in [1.82, 2.24) is 9.78 Å². The second kappa shape index (κ2) is 9.10. The van der Waals surface area contributed by atoms with Crippen LogP contribution in [0.1, 0.15) is 40.3 Å². The fourth-order valence-corrected chi connectivity index (χ4v) is 0.695. The number of nitrogen functional groups attached to an aromatic ring is 1. The van der Waals surface area contributed by atoms with Gasteiger partial charge in [0.15, 0.2) is 0 Å². The number of hydrogen-bond donors (Lipinski definition) is 1. The molecule has 1 aromatic heterocycles. The normalized spacial score (nSPS) is 7.85. The number of rotatable bonds is 1. The van der Waals surface area contributed by atoms with Gasteiger partial charge in [-0.25, -0.2) is 0 Å². The van der Waals surface area contributed by atoms with E-state index in [1.165, 1.54) is 0 Å². The van der Waals surface area contributed by atoms with Gasteiger partial charge in [0.05, 0.1) is 11.4 Å². The molecule has 0 aromatic carbocycles. The molecular weight excluding hydrogens is 162 g/mol. The Kier molecular flexibility index (Phi) is 10.2. The van der Waals surface area contributed by atoms with Gasteiger partial charge in [-0.05, 0) is 13.8 Å². The lowest BCUT2D eigenvalue weighted by Gasteiger charge is -1.88. The average Bonchev–Trinajstić information content (AvgIpc) is 2.53. The molecule has 0 fully saturated rings. The Morgan fingerprint density at radius 2 is 1.77 bits per heavy atom. The van der Waals surface area contributed by atoms with Crippen LogP contribution in [0.3, 0.4) is 0 Å². The van der Waals surface area contributed by atoms with Crippen LogP contribution in [0, 0.1) is 6.92 Å². The minimum absolute atomic E-state index is 0.775. The van der Waals surface area contributed by atoms with E-state index < -0.39 is 0 Å². The van der Waals surface area contributed by atoms with Crippen molar-refractivity contribution in [3.8, 4) is 0 Å². The first-order valence-corrected chi connectivity index (χ1v) is 5.03. The smallest absolute Gasteiger partial charge is 0.0822 e. The van der Waals surface area contributed by atoms with Crippen LogP contribution in [0.5, 0.6) is 0 Å². The highest BCUT2D eigenvalue weighted by molar-refractivity contribution is 5.39. The molecule has 0 aliphatic carbocycles. The lowest BCUT2D eigenvalue weighted by Crippen LogP contribution is -1.93. The molecule has 0 aliphatic rings. The van der Waals surface area contributed by atoms with E-state index in [1.54, 1.807) is 0 Å². The molecule has 0 unspecified atom stereocenters. The second-order valence-corrected chi connectivity index (χ2v) is 2.03. The van der Waals surface area contributed by atoms with E-state index in [-0.39, 0.29) is 0 Å². The van der Waals surface area contributed by atoms with Gasteiger partial charge in [-0.15, -0.1) is 0 Å². The predicted octanol–water partition coefficient (Wildman–Crippen LogP) is 2.85. The first-order valence-electron chi connectivity index (χ1n) is 5.03. The molecule has 0 spiro atoms. The van der Waals surface area contributed by atoms with E-state index in [4.69, 9.17) is 5.73 Å². The number of anilines is 1. The Bertz CT molecular complexity index is 184. The van der Waals surface area contributed by atoms with Crippen molar-refractivity contribution in [2.45, 2.75) is 48.1 Å². The Balaban J connectivity index is 0. The molecule has 1 aromatic rings. The molecule has 2 N–H and O–H groups in total. The van der Waals surface area contributed by atoms with Gasteiger partial charge in [0.2, 0.25) is 0 Å². The summed E-state index contributed by atoms with van der Waals surface area (Å²) in [6, 6.07) is 0. The summed E-state index contributed by atoms with van der Waals surface area (Å²) >= 11 is 0. The molecule has 1 rings (SSSR count). The minimum atomic E-state index is 0.775. The SMILES string of the molecule is CC.CC.CCn1cc(N)c(C)n1. The summed E-state index contributed by atoms with van der Waals surface area (Å²) in [5.41, 5.74) is 7.22. The predicted molar refractivity (Wildman–Crippen MR) is 59.7 cm³/mol. The van der Waals surface area contributed by atoms with Gasteiger partial charge in [0.25, 0.3) is 0 Å². The fraction of sp³-hybridized carbons (Fsp3) is 0.700. The Morgan fingerprint density at radius 3 is 1.92 bits per heavy atom. The third-order valence-corrected chi connectivity index (χ3v) is 1.31. The Morgan fingerprint density at radius 1 is 1.31 bits per heavy atom. The summed E-state index contributed by atoms with van der Waals surface area (Å²) in [6.07, 6.45) is 1.84. The van der Waals surface area contributed by atoms with Crippen LogP contribution < -0.4 is 5.73 Å². The highest BCUT2D eigenvalue weighted by Gasteiger charge is 1.96. The molecule has 0 radical (unpaired) electrons. The van der Waals surface area contributed by atoms with Crippen LogP contribution in [0.4, 0.5) is 5.69 Å². The highest BCUT2D eigenvalue weighted by atomic mass is 15.3. The number of aryl methyl sites for hydroxylation is 2. The second-order valence-electron chi connectivity index (χ2n) is 2.03. The Labute approximate surface area is 81.9 Å². The van der Waals surface area contributed by atoms with Crippen LogP contribution in [0.2, 0.25) is 0 Å². The molecule has 0 amide bonds. The molecule has 0 saturated carbocycles. The third-order valence-electron chi connectivity index (χ3n) is 1.31. The molecular formula is C10H23N3. The van der Waals surface area contributed by atoms with Crippen molar-refractivity contribution in [2.24, 2.45) is 0 Å². The lowest BCUT2D eigenvalue weighted by molar-refractivity contribution is 0.653. The zero-order valence-corrected chi connectivity index (χ0v) is 9.76. The van der Waals surface area contributed by atoms with Crippen LogP contribution in [0.25, 0.3) is 0 Å². The molecule has 13 heavy (non-hydrogen) atoms. The van der Waals surface area contributed by atoms with Gasteiger partial charge >= 0.3 is 0 Å². The van der Waals surface area contributed by atoms with Crippen LogP contribution in [-0.4, -0.2) is 9.78 Å². The van der Waals surface area contributed by atoms with Gasteiger partial charge in [-0.2, -0.15) is 5.10 Å². The molecule has 0 atom stereocenters. The molecule has 0 aliphatic heterocycles. The maximum Gasteiger partial charge on any atom is 0.0822 e. The first-order chi connectivity index (χ1) is 6.24. The number of hydrogen-bond acceptors (Lipinski definition) is 2. The third kappa shape index (κ3) is 5.28. The van der Waals surface area contributed by atoms with Crippen molar-refractivity contribution in [1.29, 1.82) is 0 Å². The standard InChI is InChI=1S/C6H11N3.2C2H6/c1-3-9-4-6(7)5(2)8-9;2*1-2/h4H,3,7H2,1-2H3;2*1-2H3. The fourth-order valence-electron chi connectivity index (χ4n) is 0.695. The van der Waals surface area contributed by atoms with Crippen LogP contribution >= 0.6 is 0 Å². The summed E-state index contributed by atoms with van der Waals surface area (Å²) in [7, 11) is 0. The molecule has 0 bridgehead atoms. The quantitative estimate of drug-likeness (QED) is 0.731. The first kappa shape index (κ1) is 14.5. The van der Waals surface area contributed by atoms with Gasteiger partial charge in [0, 0.05) is 12.7 Å². The molecule has 1 heterocycles. The molecule has 0 saturated heterocycles. The van der Waals surface area contributed by atoms with E-state index >= 15 is 0 Å². The topological polar surface area (TPSA) is 43.8 Å². The van der Waals surface area contributed by atoms with Crippen molar-refractivity contribution < 1.29 is 0 Å². The van der Waals surface area contributed by atoms with Crippen molar-refractivity contribution in [3.63, 3.8) is 0 Å². The van der Waals surface area contributed by atoms with Crippen molar-refractivity contribution in [2.75, 3.05) is 5.73 Å². The highest BCUT2D eigenvalue weighted by Crippen LogP contribution is 2.05. The summed E-state index contributed by atoms with van der Waals surface area (Å²) in [4.78, 5) is 0. The van der Waals surface area contributed by atoms with E-state index in [2.05, 4.69) is 5.10 Å². The summed E-state index contributed by atoms with van der Waals surface area (Å²) in [5.74, 6) is 0. The molecule has 78 valence electrons. The van der Waals surface area contributed by atoms with Crippen LogP contribution in [-0.2, 0) is 6.54 Å². The van der Waals surface area contributed by atoms with Crippen molar-refractivity contribution >= 4 is 5.69 Å². The van der Waals surface area contributed by atoms with Gasteiger partial charge in [-0.3, -0.25) is 4.68 Å². The van der Waals surface area contributed by atoms with Crippen LogP contribution in [0.15, 0.2) is 6.20 Å². The largest absolute Gasteiger partial charge is 0.396 e. The van der Waals surface area contributed by atoms with Gasteiger partial charge < -0.3 is 5.73 Å². The lowest BCUT2D eigenvalue weighted by atomic mass is 10.4. The minimum Gasteiger partial charge on any atom is -0.396 e. The monoisotopic (exact) mass is 185 g/mol. The van der Waals surface area contributed by atoms with E-state index in [0.717, 1.165) is 17.9 Å². The summed E-state index contributed by atoms with van der Waals surface area (Å²) in [6.45, 7) is 12.8.